The van der Waals surface area contributed by atoms with Crippen LogP contribution in [0.2, 0.25) is 4.34 Å². The van der Waals surface area contributed by atoms with Gasteiger partial charge >= 0.3 is 0 Å². The van der Waals surface area contributed by atoms with Crippen LogP contribution in [0.15, 0.2) is 6.07 Å². The fourth-order valence-corrected chi connectivity index (χ4v) is 4.23. The molecule has 0 amide bonds. The number of ether oxygens (including phenoxy) is 1. The van der Waals surface area contributed by atoms with Crippen LogP contribution in [-0.4, -0.2) is 19.3 Å². The number of rotatable bonds is 4. The first-order valence-corrected chi connectivity index (χ1v) is 7.48. The third-order valence-electron chi connectivity index (χ3n) is 4.22. The fraction of sp³-hybridized carbons (Fsp3) is 0.692. The first kappa shape index (κ1) is 12.0. The highest BCUT2D eigenvalue weighted by Gasteiger charge is 2.38. The second kappa shape index (κ2) is 4.54. The van der Waals surface area contributed by atoms with Gasteiger partial charge in [-0.25, -0.2) is 0 Å². The lowest BCUT2D eigenvalue weighted by Crippen LogP contribution is -2.48. The number of nitrogens with one attached hydrogen (secondary N) is 1. The fourth-order valence-electron chi connectivity index (χ4n) is 2.88. The highest BCUT2D eigenvalue weighted by atomic mass is 35.5. The molecule has 94 valence electrons. The molecule has 0 spiro atoms. The Labute approximate surface area is 111 Å². The van der Waals surface area contributed by atoms with E-state index in [0.717, 1.165) is 10.9 Å². The smallest absolute Gasteiger partial charge is 0.0934 e. The zero-order valence-corrected chi connectivity index (χ0v) is 11.7. The minimum atomic E-state index is 0.114. The minimum Gasteiger partial charge on any atom is -0.377 e. The van der Waals surface area contributed by atoms with Gasteiger partial charge in [0.2, 0.25) is 0 Å². The van der Waals surface area contributed by atoms with Gasteiger partial charge in [-0.1, -0.05) is 11.6 Å². The minimum absolute atomic E-state index is 0.114. The van der Waals surface area contributed by atoms with Gasteiger partial charge in [-0.2, -0.15) is 0 Å². The standard InChI is InChI=1S/C13H18ClNOS/c1-16-13(5-2-6-13)8-15-10-3-4-11-9(10)7-12(14)17-11/h7,10,15H,2-6,8H2,1H3. The Morgan fingerprint density at radius 1 is 1.59 bits per heavy atom. The lowest BCUT2D eigenvalue weighted by atomic mass is 9.80. The molecule has 0 aromatic carbocycles. The molecule has 1 fully saturated rings. The van der Waals surface area contributed by atoms with Gasteiger partial charge in [0.25, 0.3) is 0 Å². The number of aryl methyl sites for hydroxylation is 1. The van der Waals surface area contributed by atoms with Crippen molar-refractivity contribution in [2.45, 2.75) is 43.7 Å². The first-order chi connectivity index (χ1) is 8.22. The molecule has 1 saturated carbocycles. The molecule has 3 rings (SSSR count). The summed E-state index contributed by atoms with van der Waals surface area (Å²) in [7, 11) is 1.84. The second-order valence-electron chi connectivity index (χ2n) is 5.14. The van der Waals surface area contributed by atoms with E-state index >= 15 is 0 Å². The Hall–Kier alpha value is -0.0900. The normalized spacial score (nSPS) is 25.6. The summed E-state index contributed by atoms with van der Waals surface area (Å²) in [5, 5.41) is 3.67. The van der Waals surface area contributed by atoms with Crippen LogP contribution in [0.1, 0.15) is 42.2 Å². The Morgan fingerprint density at radius 2 is 2.41 bits per heavy atom. The molecule has 2 aliphatic rings. The van der Waals surface area contributed by atoms with Crippen molar-refractivity contribution in [2.24, 2.45) is 0 Å². The van der Waals surface area contributed by atoms with Crippen LogP contribution in [0.5, 0.6) is 0 Å². The highest BCUT2D eigenvalue weighted by Crippen LogP contribution is 2.40. The molecule has 0 aliphatic heterocycles. The predicted molar refractivity (Wildman–Crippen MR) is 72.0 cm³/mol. The van der Waals surface area contributed by atoms with Gasteiger partial charge in [0.1, 0.15) is 0 Å². The third kappa shape index (κ3) is 2.14. The molecular formula is C13H18ClNOS. The van der Waals surface area contributed by atoms with Gasteiger partial charge in [0.15, 0.2) is 0 Å². The average molecular weight is 272 g/mol. The summed E-state index contributed by atoms with van der Waals surface area (Å²) in [6.07, 6.45) is 6.07. The summed E-state index contributed by atoms with van der Waals surface area (Å²) in [4.78, 5) is 1.47. The first-order valence-electron chi connectivity index (χ1n) is 6.29. The summed E-state index contributed by atoms with van der Waals surface area (Å²) >= 11 is 7.80. The summed E-state index contributed by atoms with van der Waals surface area (Å²) in [6.45, 7) is 0.973. The van der Waals surface area contributed by atoms with Crippen molar-refractivity contribution >= 4 is 22.9 Å². The molecule has 1 N–H and O–H groups in total. The quantitative estimate of drug-likeness (QED) is 0.904. The number of hydrogen-bond donors (Lipinski definition) is 1. The zero-order chi connectivity index (χ0) is 11.9. The van der Waals surface area contributed by atoms with Gasteiger partial charge < -0.3 is 10.1 Å². The van der Waals surface area contributed by atoms with Crippen molar-refractivity contribution in [3.8, 4) is 0 Å². The molecule has 1 unspecified atom stereocenters. The Bertz CT molecular complexity index is 408. The molecular weight excluding hydrogens is 254 g/mol. The molecule has 0 saturated heterocycles. The van der Waals surface area contributed by atoms with Crippen LogP contribution >= 0.6 is 22.9 Å². The van der Waals surface area contributed by atoms with Gasteiger partial charge in [0.05, 0.1) is 9.94 Å². The van der Waals surface area contributed by atoms with E-state index in [9.17, 15) is 0 Å². The van der Waals surface area contributed by atoms with Crippen LogP contribution in [-0.2, 0) is 11.2 Å². The predicted octanol–water partition coefficient (Wildman–Crippen LogP) is 3.55. The number of hydrogen-bond acceptors (Lipinski definition) is 3. The van der Waals surface area contributed by atoms with E-state index in [-0.39, 0.29) is 5.60 Å². The molecule has 4 heteroatoms. The highest BCUT2D eigenvalue weighted by molar-refractivity contribution is 7.16. The molecule has 1 atom stereocenters. The van der Waals surface area contributed by atoms with E-state index in [4.69, 9.17) is 16.3 Å². The Kier molecular flexibility index (Phi) is 3.20. The largest absolute Gasteiger partial charge is 0.377 e. The molecule has 0 bridgehead atoms. The lowest BCUT2D eigenvalue weighted by molar-refractivity contribution is -0.0709. The van der Waals surface area contributed by atoms with Crippen molar-refractivity contribution in [3.05, 3.63) is 20.8 Å². The summed E-state index contributed by atoms with van der Waals surface area (Å²) < 4.78 is 6.56. The SMILES string of the molecule is COC1(CNC2CCc3sc(Cl)cc32)CCC1. The maximum absolute atomic E-state index is 6.07. The van der Waals surface area contributed by atoms with Crippen LogP contribution in [0, 0.1) is 0 Å². The van der Waals surface area contributed by atoms with Crippen LogP contribution in [0.25, 0.3) is 0 Å². The van der Waals surface area contributed by atoms with Crippen molar-refractivity contribution in [2.75, 3.05) is 13.7 Å². The molecule has 2 nitrogen and oxygen atoms in total. The summed E-state index contributed by atoms with van der Waals surface area (Å²) in [6, 6.07) is 2.62. The maximum atomic E-state index is 6.07. The summed E-state index contributed by atoms with van der Waals surface area (Å²) in [5.74, 6) is 0. The van der Waals surface area contributed by atoms with Gasteiger partial charge in [0, 0.05) is 24.6 Å². The van der Waals surface area contributed by atoms with Gasteiger partial charge in [-0.05, 0) is 43.7 Å². The monoisotopic (exact) mass is 271 g/mol. The molecule has 1 aromatic heterocycles. The Balaban J connectivity index is 1.63. The lowest BCUT2D eigenvalue weighted by Gasteiger charge is -2.41. The third-order valence-corrected chi connectivity index (χ3v) is 5.56. The number of thiophene rings is 1. The van der Waals surface area contributed by atoms with E-state index in [1.807, 2.05) is 7.11 Å². The van der Waals surface area contributed by atoms with Crippen LogP contribution < -0.4 is 5.32 Å². The van der Waals surface area contributed by atoms with E-state index in [1.165, 1.54) is 42.5 Å². The Morgan fingerprint density at radius 3 is 3.06 bits per heavy atom. The zero-order valence-electron chi connectivity index (χ0n) is 10.1. The molecule has 17 heavy (non-hydrogen) atoms. The van der Waals surface area contributed by atoms with E-state index < -0.39 is 0 Å². The number of methoxy groups -OCH3 is 1. The van der Waals surface area contributed by atoms with Crippen LogP contribution in [0.4, 0.5) is 0 Å². The van der Waals surface area contributed by atoms with Crippen molar-refractivity contribution in [3.63, 3.8) is 0 Å². The van der Waals surface area contributed by atoms with E-state index in [2.05, 4.69) is 11.4 Å². The average Bonchev–Trinajstić information content (AvgIpc) is 2.77. The van der Waals surface area contributed by atoms with Crippen LogP contribution in [0.3, 0.4) is 0 Å². The topological polar surface area (TPSA) is 21.3 Å². The van der Waals surface area contributed by atoms with Crippen molar-refractivity contribution < 1.29 is 4.74 Å². The molecule has 2 aliphatic carbocycles. The van der Waals surface area contributed by atoms with Crippen molar-refractivity contribution in [1.29, 1.82) is 0 Å². The summed E-state index contributed by atoms with van der Waals surface area (Å²) in [5.41, 5.74) is 1.54. The second-order valence-corrected chi connectivity index (χ2v) is 6.91. The number of fused-ring (bicyclic) bond motifs is 1. The molecule has 0 radical (unpaired) electrons. The molecule has 1 aromatic rings. The van der Waals surface area contributed by atoms with Gasteiger partial charge in [-0.15, -0.1) is 11.3 Å². The van der Waals surface area contributed by atoms with Crippen molar-refractivity contribution in [1.82, 2.24) is 5.32 Å². The molecule has 1 heterocycles. The number of halogens is 1. The maximum Gasteiger partial charge on any atom is 0.0934 e. The van der Waals surface area contributed by atoms with E-state index in [1.54, 1.807) is 11.3 Å². The van der Waals surface area contributed by atoms with E-state index in [0.29, 0.717) is 6.04 Å². The van der Waals surface area contributed by atoms with Gasteiger partial charge in [-0.3, -0.25) is 0 Å².